The first kappa shape index (κ1) is 18.1. The number of piperidine rings is 1. The van der Waals surface area contributed by atoms with Crippen LogP contribution < -0.4 is 0 Å². The van der Waals surface area contributed by atoms with Crippen molar-refractivity contribution in [3.05, 3.63) is 34.1 Å². The van der Waals surface area contributed by atoms with Gasteiger partial charge in [0.25, 0.3) is 4.84 Å². The molecule has 2 aromatic rings. The predicted octanol–water partition coefficient (Wildman–Crippen LogP) is 3.76. The van der Waals surface area contributed by atoms with E-state index in [1.807, 2.05) is 19.1 Å². The molecule has 8 heteroatoms. The number of halogens is 1. The highest BCUT2D eigenvalue weighted by Gasteiger charge is 2.26. The molecule has 0 atom stereocenters. The number of rotatable bonds is 5. The van der Waals surface area contributed by atoms with Gasteiger partial charge in [-0.2, -0.15) is 0 Å². The summed E-state index contributed by atoms with van der Waals surface area (Å²) in [6, 6.07) is 7.30. The van der Waals surface area contributed by atoms with E-state index in [0.717, 1.165) is 31.5 Å². The standard InChI is InChI=1S/C17H20ClN3O3S/c1-2-23-16(22)12-6-8-20(9-7-12)11-21-17(25)24-15(19-21)13-4-3-5-14(18)10-13/h3-5,10,12H,2,6-9,11H2,1H3. The molecule has 0 radical (unpaired) electrons. The maximum Gasteiger partial charge on any atom is 0.309 e. The van der Waals surface area contributed by atoms with Gasteiger partial charge < -0.3 is 9.15 Å². The summed E-state index contributed by atoms with van der Waals surface area (Å²) < 4.78 is 12.4. The van der Waals surface area contributed by atoms with Crippen molar-refractivity contribution >= 4 is 29.8 Å². The molecule has 0 amide bonds. The van der Waals surface area contributed by atoms with E-state index in [4.69, 9.17) is 33.0 Å². The number of aromatic nitrogens is 2. The van der Waals surface area contributed by atoms with E-state index in [2.05, 4.69) is 10.00 Å². The molecule has 134 valence electrons. The van der Waals surface area contributed by atoms with E-state index in [-0.39, 0.29) is 11.9 Å². The van der Waals surface area contributed by atoms with Gasteiger partial charge in [-0.25, -0.2) is 4.68 Å². The van der Waals surface area contributed by atoms with Crippen LogP contribution in [0.1, 0.15) is 19.8 Å². The molecule has 1 aromatic carbocycles. The zero-order chi connectivity index (χ0) is 17.8. The minimum atomic E-state index is -0.0940. The molecule has 1 aliphatic heterocycles. The van der Waals surface area contributed by atoms with Crippen LogP contribution in [0.5, 0.6) is 0 Å². The summed E-state index contributed by atoms with van der Waals surface area (Å²) in [6.45, 7) is 4.39. The highest BCUT2D eigenvalue weighted by atomic mass is 35.5. The number of carbonyl (C=O) groups excluding carboxylic acids is 1. The van der Waals surface area contributed by atoms with Crippen LogP contribution >= 0.6 is 23.8 Å². The molecular weight excluding hydrogens is 362 g/mol. The summed E-state index contributed by atoms with van der Waals surface area (Å²) in [7, 11) is 0. The molecule has 6 nitrogen and oxygen atoms in total. The van der Waals surface area contributed by atoms with Crippen LogP contribution in [0.4, 0.5) is 0 Å². The maximum absolute atomic E-state index is 11.8. The fraction of sp³-hybridized carbons (Fsp3) is 0.471. The molecule has 0 bridgehead atoms. The molecule has 1 saturated heterocycles. The van der Waals surface area contributed by atoms with Crippen molar-refractivity contribution in [3.63, 3.8) is 0 Å². The zero-order valence-electron chi connectivity index (χ0n) is 14.0. The maximum atomic E-state index is 11.8. The molecule has 1 fully saturated rings. The van der Waals surface area contributed by atoms with E-state index in [0.29, 0.717) is 29.0 Å². The van der Waals surface area contributed by atoms with Gasteiger partial charge in [0, 0.05) is 23.7 Å². The zero-order valence-corrected chi connectivity index (χ0v) is 15.6. The first-order valence-corrected chi connectivity index (χ1v) is 9.08. The minimum Gasteiger partial charge on any atom is -0.466 e. The minimum absolute atomic E-state index is 0.0106. The Morgan fingerprint density at radius 1 is 1.44 bits per heavy atom. The largest absolute Gasteiger partial charge is 0.466 e. The second-order valence-electron chi connectivity index (χ2n) is 5.97. The number of hydrogen-bond acceptors (Lipinski definition) is 6. The van der Waals surface area contributed by atoms with Gasteiger partial charge >= 0.3 is 5.97 Å². The molecule has 1 aliphatic rings. The van der Waals surface area contributed by atoms with Crippen molar-refractivity contribution in [2.75, 3.05) is 19.7 Å². The monoisotopic (exact) mass is 381 g/mol. The quantitative estimate of drug-likeness (QED) is 0.580. The van der Waals surface area contributed by atoms with Gasteiger partial charge in [0.1, 0.15) is 0 Å². The third kappa shape index (κ3) is 4.48. The number of hydrogen-bond donors (Lipinski definition) is 0. The highest BCUT2D eigenvalue weighted by molar-refractivity contribution is 7.71. The van der Waals surface area contributed by atoms with Gasteiger partial charge in [-0.3, -0.25) is 9.69 Å². The molecule has 0 N–H and O–H groups in total. The normalized spacial score (nSPS) is 16.1. The number of likely N-dealkylation sites (tertiary alicyclic amines) is 1. The summed E-state index contributed by atoms with van der Waals surface area (Å²) in [4.78, 5) is 14.3. The van der Waals surface area contributed by atoms with Crippen LogP contribution in [0.15, 0.2) is 28.7 Å². The van der Waals surface area contributed by atoms with E-state index in [1.54, 1.807) is 16.8 Å². The predicted molar refractivity (Wildman–Crippen MR) is 96.7 cm³/mol. The summed E-state index contributed by atoms with van der Waals surface area (Å²) >= 11 is 11.3. The van der Waals surface area contributed by atoms with Crippen LogP contribution in [0, 0.1) is 10.8 Å². The fourth-order valence-electron chi connectivity index (χ4n) is 2.89. The number of carbonyl (C=O) groups is 1. The molecule has 0 spiro atoms. The van der Waals surface area contributed by atoms with Crippen molar-refractivity contribution in [3.8, 4) is 11.5 Å². The topological polar surface area (TPSA) is 60.5 Å². The summed E-state index contributed by atoms with van der Waals surface area (Å²) in [5.41, 5.74) is 0.790. The van der Waals surface area contributed by atoms with Crippen molar-refractivity contribution < 1.29 is 13.9 Å². The SMILES string of the molecule is CCOC(=O)C1CCN(Cn2nc(-c3cccc(Cl)c3)oc2=S)CC1. The fourth-order valence-corrected chi connectivity index (χ4v) is 3.26. The molecule has 2 heterocycles. The van der Waals surface area contributed by atoms with Gasteiger partial charge in [-0.15, -0.1) is 5.10 Å². The Balaban J connectivity index is 1.63. The molecule has 0 unspecified atom stereocenters. The third-order valence-electron chi connectivity index (χ3n) is 4.22. The Labute approximate surface area is 156 Å². The first-order chi connectivity index (χ1) is 12.1. The van der Waals surface area contributed by atoms with E-state index < -0.39 is 0 Å². The second kappa shape index (κ2) is 8.12. The highest BCUT2D eigenvalue weighted by Crippen LogP contribution is 2.23. The van der Waals surface area contributed by atoms with E-state index in [9.17, 15) is 4.79 Å². The number of esters is 1. The third-order valence-corrected chi connectivity index (χ3v) is 4.75. The number of benzene rings is 1. The number of nitrogens with zero attached hydrogens (tertiary/aromatic N) is 3. The Bertz CT molecular complexity index is 796. The lowest BCUT2D eigenvalue weighted by molar-refractivity contribution is -0.149. The number of ether oxygens (including phenoxy) is 1. The van der Waals surface area contributed by atoms with Crippen LogP contribution in [0.2, 0.25) is 5.02 Å². The Morgan fingerprint density at radius 3 is 2.88 bits per heavy atom. The van der Waals surface area contributed by atoms with E-state index in [1.165, 1.54) is 0 Å². The Hall–Kier alpha value is -1.70. The van der Waals surface area contributed by atoms with Crippen molar-refractivity contribution in [1.29, 1.82) is 0 Å². The molecular formula is C17H20ClN3O3S. The van der Waals surface area contributed by atoms with Crippen LogP contribution in [0.25, 0.3) is 11.5 Å². The smallest absolute Gasteiger partial charge is 0.309 e. The average molecular weight is 382 g/mol. The van der Waals surface area contributed by atoms with Crippen molar-refractivity contribution in [2.24, 2.45) is 5.92 Å². The molecule has 1 aromatic heterocycles. The molecule has 3 rings (SSSR count). The molecule has 0 aliphatic carbocycles. The van der Waals surface area contributed by atoms with Gasteiger partial charge in [-0.05, 0) is 50.2 Å². The van der Waals surface area contributed by atoms with Gasteiger partial charge in [0.05, 0.1) is 19.2 Å². The van der Waals surface area contributed by atoms with Crippen molar-refractivity contribution in [1.82, 2.24) is 14.7 Å². The summed E-state index contributed by atoms with van der Waals surface area (Å²) in [6.07, 6.45) is 1.57. The average Bonchev–Trinajstić information content (AvgIpc) is 2.96. The van der Waals surface area contributed by atoms with Gasteiger partial charge in [0.2, 0.25) is 5.89 Å². The Morgan fingerprint density at radius 2 is 2.20 bits per heavy atom. The summed E-state index contributed by atoms with van der Waals surface area (Å²) in [5, 5.41) is 5.07. The van der Waals surface area contributed by atoms with Crippen LogP contribution in [0.3, 0.4) is 0 Å². The van der Waals surface area contributed by atoms with Crippen LogP contribution in [-0.2, 0) is 16.2 Å². The lowest BCUT2D eigenvalue weighted by Gasteiger charge is -2.30. The lowest BCUT2D eigenvalue weighted by atomic mass is 9.97. The molecule has 25 heavy (non-hydrogen) atoms. The van der Waals surface area contributed by atoms with E-state index >= 15 is 0 Å². The van der Waals surface area contributed by atoms with Crippen molar-refractivity contribution in [2.45, 2.75) is 26.4 Å². The lowest BCUT2D eigenvalue weighted by Crippen LogP contribution is -2.38. The first-order valence-electron chi connectivity index (χ1n) is 8.29. The summed E-state index contributed by atoms with van der Waals surface area (Å²) in [5.74, 6) is 0.348. The van der Waals surface area contributed by atoms with Gasteiger partial charge in [-0.1, -0.05) is 17.7 Å². The Kier molecular flexibility index (Phi) is 5.88. The molecule has 0 saturated carbocycles. The second-order valence-corrected chi connectivity index (χ2v) is 6.75. The van der Waals surface area contributed by atoms with Gasteiger partial charge in [0.15, 0.2) is 0 Å². The van der Waals surface area contributed by atoms with Crippen LogP contribution in [-0.4, -0.2) is 40.3 Å².